The Morgan fingerprint density at radius 3 is 2.69 bits per heavy atom. The molecule has 29 heavy (non-hydrogen) atoms. The number of thiazole rings is 1. The van der Waals surface area contributed by atoms with Gasteiger partial charge in [0.25, 0.3) is 5.91 Å². The molecule has 2 aromatic heterocycles. The fraction of sp³-hybridized carbons (Fsp3) is 0.400. The van der Waals surface area contributed by atoms with Crippen LogP contribution >= 0.6 is 36.2 Å². The van der Waals surface area contributed by atoms with E-state index in [1.807, 2.05) is 35.2 Å². The molecule has 1 fully saturated rings. The molecule has 1 aliphatic rings. The zero-order valence-electron chi connectivity index (χ0n) is 15.9. The van der Waals surface area contributed by atoms with Crippen molar-refractivity contribution in [2.75, 3.05) is 26.2 Å². The van der Waals surface area contributed by atoms with Gasteiger partial charge in [-0.25, -0.2) is 4.98 Å². The van der Waals surface area contributed by atoms with Gasteiger partial charge in [0.15, 0.2) is 16.5 Å². The van der Waals surface area contributed by atoms with E-state index >= 15 is 0 Å². The van der Waals surface area contributed by atoms with Gasteiger partial charge in [-0.1, -0.05) is 12.1 Å². The number of carbonyl (C=O) groups is 1. The van der Waals surface area contributed by atoms with Crippen LogP contribution < -0.4 is 5.73 Å². The first-order valence-electron chi connectivity index (χ1n) is 9.31. The Bertz CT molecular complexity index is 889. The number of halogens is 2. The number of aromatic nitrogens is 1. The van der Waals surface area contributed by atoms with Gasteiger partial charge in [-0.2, -0.15) is 0 Å². The lowest BCUT2D eigenvalue weighted by Gasteiger charge is -2.31. The Morgan fingerprint density at radius 1 is 1.21 bits per heavy atom. The fourth-order valence-electron chi connectivity index (χ4n) is 3.26. The van der Waals surface area contributed by atoms with Gasteiger partial charge in [-0.15, -0.1) is 36.2 Å². The summed E-state index contributed by atoms with van der Waals surface area (Å²) in [6.45, 7) is 2.71. The van der Waals surface area contributed by atoms with Crippen LogP contribution in [-0.4, -0.2) is 48.1 Å². The van der Waals surface area contributed by atoms with E-state index in [0.717, 1.165) is 34.5 Å². The minimum atomic E-state index is -0.0669. The Labute approximate surface area is 186 Å². The molecular weight excluding hydrogens is 433 g/mol. The molecule has 0 aliphatic carbocycles. The van der Waals surface area contributed by atoms with E-state index in [-0.39, 0.29) is 36.8 Å². The molecule has 0 spiro atoms. The van der Waals surface area contributed by atoms with Gasteiger partial charge < -0.3 is 19.8 Å². The van der Waals surface area contributed by atoms with Crippen molar-refractivity contribution in [2.24, 2.45) is 5.73 Å². The van der Waals surface area contributed by atoms with Gasteiger partial charge in [-0.05, 0) is 50.1 Å². The van der Waals surface area contributed by atoms with Crippen LogP contribution in [-0.2, 0) is 4.74 Å². The van der Waals surface area contributed by atoms with Crippen LogP contribution in [0.3, 0.4) is 0 Å². The van der Waals surface area contributed by atoms with Crippen molar-refractivity contribution in [3.05, 3.63) is 42.2 Å². The highest BCUT2D eigenvalue weighted by Gasteiger charge is 2.26. The number of likely N-dealkylation sites (tertiary alicyclic amines) is 1. The predicted molar refractivity (Wildman–Crippen MR) is 120 cm³/mol. The zero-order valence-corrected chi connectivity index (χ0v) is 18.4. The molecule has 0 saturated carbocycles. The van der Waals surface area contributed by atoms with Crippen LogP contribution in [0, 0.1) is 0 Å². The van der Waals surface area contributed by atoms with Crippen molar-refractivity contribution < 1.29 is 13.9 Å². The number of hydrogen-bond donors (Lipinski definition) is 1. The summed E-state index contributed by atoms with van der Waals surface area (Å²) in [6, 6.07) is 11.5. The Balaban J connectivity index is 0.00000150. The van der Waals surface area contributed by atoms with E-state index < -0.39 is 0 Å². The van der Waals surface area contributed by atoms with Crippen molar-refractivity contribution in [3.63, 3.8) is 0 Å². The molecule has 3 heterocycles. The maximum absolute atomic E-state index is 12.7. The fourth-order valence-corrected chi connectivity index (χ4v) is 4.19. The van der Waals surface area contributed by atoms with Crippen LogP contribution in [0.25, 0.3) is 21.0 Å². The third kappa shape index (κ3) is 5.49. The Kier molecular flexibility index (Phi) is 8.92. The van der Waals surface area contributed by atoms with Crippen LogP contribution in [0.1, 0.15) is 29.8 Å². The second kappa shape index (κ2) is 10.9. The predicted octanol–water partition coefficient (Wildman–Crippen LogP) is 4.37. The van der Waals surface area contributed by atoms with Crippen LogP contribution in [0.2, 0.25) is 0 Å². The van der Waals surface area contributed by atoms with E-state index in [2.05, 4.69) is 4.98 Å². The lowest BCUT2D eigenvalue weighted by atomic mass is 10.1. The van der Waals surface area contributed by atoms with E-state index in [1.165, 1.54) is 0 Å². The lowest BCUT2D eigenvalue weighted by Crippen LogP contribution is -2.40. The van der Waals surface area contributed by atoms with E-state index in [9.17, 15) is 4.79 Å². The van der Waals surface area contributed by atoms with E-state index in [4.69, 9.17) is 14.9 Å². The minimum Gasteiger partial charge on any atom is -0.448 e. The summed E-state index contributed by atoms with van der Waals surface area (Å²) in [6.07, 6.45) is 2.79. The molecule has 3 aromatic rings. The Morgan fingerprint density at radius 2 is 1.97 bits per heavy atom. The number of carbonyl (C=O) groups excluding carboxylic acids is 1. The monoisotopic (exact) mass is 457 g/mol. The van der Waals surface area contributed by atoms with Crippen LogP contribution in [0.5, 0.6) is 0 Å². The third-order valence-corrected chi connectivity index (χ3v) is 5.80. The van der Waals surface area contributed by atoms with Crippen molar-refractivity contribution in [2.45, 2.75) is 25.4 Å². The zero-order chi connectivity index (χ0) is 18.6. The van der Waals surface area contributed by atoms with E-state index in [0.29, 0.717) is 37.8 Å². The molecule has 158 valence electrons. The second-order valence-electron chi connectivity index (χ2n) is 6.66. The highest BCUT2D eigenvalue weighted by atomic mass is 35.5. The number of nitrogens with two attached hydrogens (primary N) is 1. The minimum absolute atomic E-state index is 0. The van der Waals surface area contributed by atoms with E-state index in [1.54, 1.807) is 17.4 Å². The summed E-state index contributed by atoms with van der Waals surface area (Å²) in [5.41, 5.74) is 6.43. The first-order valence-corrected chi connectivity index (χ1v) is 10.1. The quantitative estimate of drug-likeness (QED) is 0.555. The van der Waals surface area contributed by atoms with Crippen LogP contribution in [0.15, 0.2) is 40.8 Å². The smallest absolute Gasteiger partial charge is 0.289 e. The number of hydrogen-bond acceptors (Lipinski definition) is 6. The van der Waals surface area contributed by atoms with Gasteiger partial charge in [0, 0.05) is 19.7 Å². The van der Waals surface area contributed by atoms with Gasteiger partial charge in [0.05, 0.1) is 16.3 Å². The maximum atomic E-state index is 12.7. The molecule has 4 rings (SSSR count). The SMILES string of the molecule is Cl.Cl.NCCCOC1CCN(C(=O)c2ccc(-c3nc4ccccc4s3)o2)CC1. The number of nitrogens with zero attached hydrogens (tertiary/aromatic N) is 2. The molecule has 9 heteroatoms. The van der Waals surface area contributed by atoms with Gasteiger partial charge in [0.1, 0.15) is 0 Å². The first-order chi connectivity index (χ1) is 13.2. The summed E-state index contributed by atoms with van der Waals surface area (Å²) < 4.78 is 12.7. The lowest BCUT2D eigenvalue weighted by molar-refractivity contribution is 0.00766. The number of rotatable bonds is 6. The molecule has 0 unspecified atom stereocenters. The molecule has 0 atom stereocenters. The third-order valence-electron chi connectivity index (χ3n) is 4.75. The molecule has 0 bridgehead atoms. The second-order valence-corrected chi connectivity index (χ2v) is 7.69. The number of amides is 1. The first kappa shape index (κ1) is 23.6. The molecule has 1 amide bonds. The topological polar surface area (TPSA) is 81.6 Å². The molecule has 1 aliphatic heterocycles. The maximum Gasteiger partial charge on any atom is 0.289 e. The summed E-state index contributed by atoms with van der Waals surface area (Å²) in [5, 5.41) is 0.794. The van der Waals surface area contributed by atoms with Crippen molar-refractivity contribution in [3.8, 4) is 10.8 Å². The highest BCUT2D eigenvalue weighted by molar-refractivity contribution is 7.21. The number of furan rings is 1. The number of para-hydroxylation sites is 1. The van der Waals surface area contributed by atoms with Crippen molar-refractivity contribution in [1.29, 1.82) is 0 Å². The number of piperidine rings is 1. The normalized spacial score (nSPS) is 14.4. The summed E-state index contributed by atoms with van der Waals surface area (Å²) >= 11 is 1.57. The summed E-state index contributed by atoms with van der Waals surface area (Å²) in [5.74, 6) is 0.939. The van der Waals surface area contributed by atoms with Crippen molar-refractivity contribution in [1.82, 2.24) is 9.88 Å². The van der Waals surface area contributed by atoms with Gasteiger partial charge >= 0.3 is 0 Å². The summed E-state index contributed by atoms with van der Waals surface area (Å²) in [4.78, 5) is 19.2. The van der Waals surface area contributed by atoms with Gasteiger partial charge in [-0.3, -0.25) is 4.79 Å². The molecule has 2 N–H and O–H groups in total. The average Bonchev–Trinajstić information content (AvgIpc) is 3.35. The molecule has 1 saturated heterocycles. The highest BCUT2D eigenvalue weighted by Crippen LogP contribution is 2.31. The molecule has 1 aromatic carbocycles. The Hall–Kier alpha value is -1.64. The molecule has 0 radical (unpaired) electrons. The largest absolute Gasteiger partial charge is 0.448 e. The summed E-state index contributed by atoms with van der Waals surface area (Å²) in [7, 11) is 0. The standard InChI is InChI=1S/C20H23N3O3S.2ClH/c21-10-3-13-25-14-8-11-23(12-9-14)20(24)17-7-6-16(26-17)19-22-15-4-1-2-5-18(15)27-19;;/h1-2,4-7,14H,3,8-13,21H2;2*1H. The molecule has 6 nitrogen and oxygen atoms in total. The number of benzene rings is 1. The number of fused-ring (bicyclic) bond motifs is 1. The van der Waals surface area contributed by atoms with Gasteiger partial charge in [0.2, 0.25) is 0 Å². The molecular formula is C20H25Cl2N3O3S. The van der Waals surface area contributed by atoms with Crippen molar-refractivity contribution >= 4 is 52.3 Å². The average molecular weight is 458 g/mol. The van der Waals surface area contributed by atoms with Crippen LogP contribution in [0.4, 0.5) is 0 Å². The number of ether oxygens (including phenoxy) is 1.